The summed E-state index contributed by atoms with van der Waals surface area (Å²) >= 11 is 0. The zero-order valence-electron chi connectivity index (χ0n) is 21.4. The largest absolute Gasteiger partial charge is 0.490 e. The number of hydrogen-bond acceptors (Lipinski definition) is 3. The average Bonchev–Trinajstić information content (AvgIpc) is 2.89. The number of hydrogen-bond donors (Lipinski definition) is 0. The molecule has 2 fully saturated rings. The van der Waals surface area contributed by atoms with Crippen LogP contribution in [-0.4, -0.2) is 36.2 Å². The Balaban J connectivity index is 1.22. The molecule has 2 amide bonds. The molecule has 0 radical (unpaired) electrons. The van der Waals surface area contributed by atoms with Gasteiger partial charge in [-0.3, -0.25) is 4.90 Å². The van der Waals surface area contributed by atoms with Crippen molar-refractivity contribution < 1.29 is 13.9 Å². The third-order valence-corrected chi connectivity index (χ3v) is 8.16. The van der Waals surface area contributed by atoms with Crippen LogP contribution in [0.5, 0.6) is 5.75 Å². The number of urea groups is 1. The molecule has 2 aliphatic heterocycles. The Labute approximate surface area is 218 Å². The lowest BCUT2D eigenvalue weighted by molar-refractivity contribution is 0.119. The third kappa shape index (κ3) is 4.65. The van der Waals surface area contributed by atoms with Crippen molar-refractivity contribution in [2.75, 3.05) is 22.9 Å². The van der Waals surface area contributed by atoms with Crippen LogP contribution in [0.25, 0.3) is 0 Å². The molecule has 192 valence electrons. The Kier molecular flexibility index (Phi) is 6.49. The minimum atomic E-state index is -0.171. The quantitative estimate of drug-likeness (QED) is 0.380. The first-order chi connectivity index (χ1) is 18.1. The summed E-state index contributed by atoms with van der Waals surface area (Å²) in [5.74, 6) is 0.707. The molecule has 0 aromatic heterocycles. The lowest BCUT2D eigenvalue weighted by Gasteiger charge is -2.44. The van der Waals surface area contributed by atoms with Crippen molar-refractivity contribution in [1.29, 1.82) is 0 Å². The van der Waals surface area contributed by atoms with Gasteiger partial charge < -0.3 is 14.5 Å². The second-order valence-corrected chi connectivity index (χ2v) is 10.5. The molecule has 3 aromatic carbocycles. The summed E-state index contributed by atoms with van der Waals surface area (Å²) in [5, 5.41) is 0. The van der Waals surface area contributed by atoms with E-state index in [1.54, 1.807) is 6.07 Å². The number of benzene rings is 3. The number of ether oxygens (including phenoxy) is 1. The lowest BCUT2D eigenvalue weighted by Crippen LogP contribution is -2.54. The fourth-order valence-corrected chi connectivity index (χ4v) is 5.87. The van der Waals surface area contributed by atoms with E-state index >= 15 is 0 Å². The molecule has 0 atom stereocenters. The third-order valence-electron chi connectivity index (χ3n) is 8.16. The molecule has 5 nitrogen and oxygen atoms in total. The molecule has 0 unspecified atom stereocenters. The number of carbonyl (C=O) groups is 1. The Hall–Kier alpha value is -3.54. The van der Waals surface area contributed by atoms with Gasteiger partial charge >= 0.3 is 6.03 Å². The van der Waals surface area contributed by atoms with Crippen molar-refractivity contribution in [3.63, 3.8) is 0 Å². The van der Waals surface area contributed by atoms with E-state index in [2.05, 4.69) is 17.0 Å². The van der Waals surface area contributed by atoms with Gasteiger partial charge in [-0.25, -0.2) is 9.18 Å². The Morgan fingerprint density at radius 3 is 2.43 bits per heavy atom. The first kappa shape index (κ1) is 23.8. The normalized spacial score (nSPS) is 18.5. The van der Waals surface area contributed by atoms with Crippen molar-refractivity contribution >= 4 is 17.4 Å². The zero-order chi connectivity index (χ0) is 25.4. The fraction of sp³-hybridized carbons (Fsp3) is 0.387. The second-order valence-electron chi connectivity index (χ2n) is 10.5. The summed E-state index contributed by atoms with van der Waals surface area (Å²) in [7, 11) is 0. The van der Waals surface area contributed by atoms with Crippen LogP contribution in [0.4, 0.5) is 20.6 Å². The number of nitrogens with zero attached hydrogens (tertiary/aromatic N) is 3. The Bertz CT molecular complexity index is 1260. The molecular formula is C31H34FN3O2. The molecule has 0 N–H and O–H groups in total. The number of piperidine rings is 1. The van der Waals surface area contributed by atoms with Gasteiger partial charge in [0.2, 0.25) is 0 Å². The number of amides is 2. The molecule has 2 heterocycles. The highest BCUT2D eigenvalue weighted by Crippen LogP contribution is 2.36. The maximum Gasteiger partial charge on any atom is 0.325 e. The molecule has 3 aromatic rings. The van der Waals surface area contributed by atoms with Crippen LogP contribution in [0.2, 0.25) is 0 Å². The van der Waals surface area contributed by atoms with Gasteiger partial charge in [-0.15, -0.1) is 0 Å². The minimum absolute atomic E-state index is 0.0395. The molecule has 1 saturated heterocycles. The molecule has 1 aliphatic carbocycles. The monoisotopic (exact) mass is 499 g/mol. The van der Waals surface area contributed by atoms with Gasteiger partial charge in [0.15, 0.2) is 0 Å². The highest BCUT2D eigenvalue weighted by molar-refractivity contribution is 5.95. The van der Waals surface area contributed by atoms with E-state index in [1.165, 1.54) is 12.5 Å². The van der Waals surface area contributed by atoms with Crippen LogP contribution in [0, 0.1) is 12.7 Å². The summed E-state index contributed by atoms with van der Waals surface area (Å²) in [5.41, 5.74) is 4.81. The Morgan fingerprint density at radius 1 is 0.919 bits per heavy atom. The van der Waals surface area contributed by atoms with E-state index in [0.29, 0.717) is 18.8 Å². The van der Waals surface area contributed by atoms with E-state index in [1.807, 2.05) is 59.2 Å². The van der Waals surface area contributed by atoms with E-state index in [9.17, 15) is 9.18 Å². The van der Waals surface area contributed by atoms with Gasteiger partial charge in [-0.1, -0.05) is 48.5 Å². The first-order valence-corrected chi connectivity index (χ1v) is 13.5. The number of rotatable bonds is 6. The number of anilines is 2. The number of para-hydroxylation sites is 3. The van der Waals surface area contributed by atoms with Crippen LogP contribution >= 0.6 is 0 Å². The molecule has 6 heteroatoms. The van der Waals surface area contributed by atoms with Crippen molar-refractivity contribution in [1.82, 2.24) is 4.90 Å². The summed E-state index contributed by atoms with van der Waals surface area (Å²) in [4.78, 5) is 20.1. The SMILES string of the molecule is Cc1cccc(F)c1N1CCC(N2Cc3ccccc3N(Cc3ccccc3OC3CCC3)C2=O)CC1. The predicted octanol–water partition coefficient (Wildman–Crippen LogP) is 6.68. The van der Waals surface area contributed by atoms with Crippen LogP contribution in [0.3, 0.4) is 0 Å². The number of halogens is 1. The maximum atomic E-state index is 14.6. The van der Waals surface area contributed by atoms with E-state index < -0.39 is 0 Å². The van der Waals surface area contributed by atoms with Crippen molar-refractivity contribution in [2.45, 2.75) is 64.3 Å². The summed E-state index contributed by atoms with van der Waals surface area (Å²) < 4.78 is 20.9. The predicted molar refractivity (Wildman–Crippen MR) is 145 cm³/mol. The summed E-state index contributed by atoms with van der Waals surface area (Å²) in [6, 6.07) is 21.7. The minimum Gasteiger partial charge on any atom is -0.490 e. The molecule has 3 aliphatic rings. The Morgan fingerprint density at radius 2 is 1.68 bits per heavy atom. The molecule has 37 heavy (non-hydrogen) atoms. The van der Waals surface area contributed by atoms with Crippen molar-refractivity contribution in [3.8, 4) is 5.75 Å². The average molecular weight is 500 g/mol. The lowest BCUT2D eigenvalue weighted by atomic mass is 9.96. The molecular weight excluding hydrogens is 465 g/mol. The second kappa shape index (κ2) is 10.1. The van der Waals surface area contributed by atoms with Gasteiger partial charge in [0.1, 0.15) is 11.6 Å². The number of fused-ring (bicyclic) bond motifs is 1. The molecule has 0 spiro atoms. The van der Waals surface area contributed by atoms with E-state index in [0.717, 1.165) is 66.9 Å². The topological polar surface area (TPSA) is 36.0 Å². The van der Waals surface area contributed by atoms with Crippen molar-refractivity contribution in [2.24, 2.45) is 0 Å². The summed E-state index contributed by atoms with van der Waals surface area (Å²) in [6.45, 7) is 4.50. The van der Waals surface area contributed by atoms with E-state index in [4.69, 9.17) is 4.74 Å². The molecule has 0 bridgehead atoms. The molecule has 6 rings (SSSR count). The van der Waals surface area contributed by atoms with Gasteiger partial charge in [-0.05, 0) is 68.4 Å². The van der Waals surface area contributed by atoms with Gasteiger partial charge in [0, 0.05) is 31.2 Å². The van der Waals surface area contributed by atoms with Crippen LogP contribution in [0.15, 0.2) is 66.7 Å². The smallest absolute Gasteiger partial charge is 0.325 e. The van der Waals surface area contributed by atoms with Crippen LogP contribution < -0.4 is 14.5 Å². The number of aryl methyl sites for hydroxylation is 1. The van der Waals surface area contributed by atoms with Crippen molar-refractivity contribution in [3.05, 3.63) is 89.2 Å². The first-order valence-electron chi connectivity index (χ1n) is 13.5. The van der Waals surface area contributed by atoms with Crippen LogP contribution in [-0.2, 0) is 13.1 Å². The fourth-order valence-electron chi connectivity index (χ4n) is 5.87. The van der Waals surface area contributed by atoms with Gasteiger partial charge in [-0.2, -0.15) is 0 Å². The van der Waals surface area contributed by atoms with Crippen LogP contribution in [0.1, 0.15) is 48.8 Å². The summed E-state index contributed by atoms with van der Waals surface area (Å²) in [6.07, 6.45) is 5.32. The van der Waals surface area contributed by atoms with E-state index in [-0.39, 0.29) is 24.0 Å². The van der Waals surface area contributed by atoms with Gasteiger partial charge in [0.25, 0.3) is 0 Å². The highest BCUT2D eigenvalue weighted by atomic mass is 19.1. The maximum absolute atomic E-state index is 14.6. The zero-order valence-corrected chi connectivity index (χ0v) is 21.4. The molecule has 1 saturated carbocycles. The number of carbonyl (C=O) groups excluding carboxylic acids is 1. The standard InChI is InChI=1S/C31H34FN3O2/c1-22-8-6-13-27(32)30(22)33-18-16-25(17-19-33)34-20-23-9-2-4-14-28(23)35(31(34)36)21-24-10-3-5-15-29(24)37-26-11-7-12-26/h2-6,8-10,13-15,25-26H,7,11-12,16-21H2,1H3. The highest BCUT2D eigenvalue weighted by Gasteiger charge is 2.36. The van der Waals surface area contributed by atoms with Gasteiger partial charge in [0.05, 0.1) is 24.0 Å².